The topological polar surface area (TPSA) is 24.7 Å². The van der Waals surface area contributed by atoms with Gasteiger partial charge in [-0.3, -0.25) is 0 Å². The first-order valence-corrected chi connectivity index (χ1v) is 22.7. The Balaban J connectivity index is 0.999. The van der Waals surface area contributed by atoms with Gasteiger partial charge in [0, 0.05) is 17.0 Å². The van der Waals surface area contributed by atoms with Crippen molar-refractivity contribution in [3.8, 4) is 33.4 Å². The lowest BCUT2D eigenvalue weighted by atomic mass is 9.68. The van der Waals surface area contributed by atoms with Gasteiger partial charge in [0.1, 0.15) is 0 Å². The van der Waals surface area contributed by atoms with Crippen LogP contribution in [0.2, 0.25) is 0 Å². The SMILES string of the molecule is CC(c1ccccc1C1=C/CC/C(c2ccccc2)=N/C(c2ccccc2)=N\1)C1Cc2c(ccc3c2C(C(C)c2ccc(-c4ccccc4)cc2)c2ccccc2-3)-c2ccccc21. The predicted molar refractivity (Wildman–Crippen MR) is 264 cm³/mol. The zero-order valence-corrected chi connectivity index (χ0v) is 36.0. The monoisotopic (exact) mass is 810 g/mol. The molecule has 304 valence electrons. The second-order valence-electron chi connectivity index (χ2n) is 17.5. The minimum atomic E-state index is 0.210. The molecule has 0 bridgehead atoms. The summed E-state index contributed by atoms with van der Waals surface area (Å²) in [6.07, 6.45) is 5.02. The normalized spacial score (nSPS) is 19.8. The molecule has 63 heavy (non-hydrogen) atoms. The van der Waals surface area contributed by atoms with Crippen molar-refractivity contribution in [2.75, 3.05) is 0 Å². The fourth-order valence-corrected chi connectivity index (χ4v) is 10.8. The summed E-state index contributed by atoms with van der Waals surface area (Å²) in [5.41, 5.74) is 22.1. The number of nitrogens with zero attached hydrogens (tertiary/aromatic N) is 2. The molecule has 1 aliphatic heterocycles. The van der Waals surface area contributed by atoms with Gasteiger partial charge in [-0.2, -0.15) is 0 Å². The van der Waals surface area contributed by atoms with Crippen molar-refractivity contribution in [3.63, 3.8) is 0 Å². The van der Waals surface area contributed by atoms with Crippen molar-refractivity contribution in [2.45, 2.75) is 56.8 Å². The molecule has 1 heterocycles. The van der Waals surface area contributed by atoms with Gasteiger partial charge < -0.3 is 0 Å². The summed E-state index contributed by atoms with van der Waals surface area (Å²) in [6, 6.07) is 73.3. The Hall–Kier alpha value is -7.16. The average Bonchev–Trinajstić information content (AvgIpc) is 3.69. The Morgan fingerprint density at radius 1 is 0.444 bits per heavy atom. The Morgan fingerprint density at radius 3 is 1.71 bits per heavy atom. The molecule has 11 rings (SSSR count). The number of fused-ring (bicyclic) bond motifs is 7. The second kappa shape index (κ2) is 16.6. The number of allylic oxidation sites excluding steroid dienone is 1. The van der Waals surface area contributed by atoms with E-state index in [1.165, 1.54) is 72.3 Å². The molecule has 0 amide bonds. The maximum atomic E-state index is 5.46. The maximum Gasteiger partial charge on any atom is 0.160 e. The third kappa shape index (κ3) is 7.10. The minimum Gasteiger partial charge on any atom is -0.232 e. The molecule has 0 fully saturated rings. The summed E-state index contributed by atoms with van der Waals surface area (Å²) < 4.78 is 0. The van der Waals surface area contributed by atoms with Crippen LogP contribution in [0.15, 0.2) is 216 Å². The van der Waals surface area contributed by atoms with Crippen molar-refractivity contribution >= 4 is 17.2 Å². The van der Waals surface area contributed by atoms with Gasteiger partial charge in [0.15, 0.2) is 5.84 Å². The molecule has 0 saturated heterocycles. The lowest BCUT2D eigenvalue weighted by molar-refractivity contribution is 0.560. The molecule has 8 aromatic rings. The van der Waals surface area contributed by atoms with Crippen molar-refractivity contribution in [1.29, 1.82) is 0 Å². The minimum absolute atomic E-state index is 0.210. The smallest absolute Gasteiger partial charge is 0.160 e. The van der Waals surface area contributed by atoms with E-state index in [0.717, 1.165) is 47.6 Å². The van der Waals surface area contributed by atoms with Gasteiger partial charge in [-0.05, 0) is 109 Å². The van der Waals surface area contributed by atoms with E-state index >= 15 is 0 Å². The Morgan fingerprint density at radius 2 is 1.00 bits per heavy atom. The number of aliphatic imine (C=N–C) groups is 2. The molecule has 0 N–H and O–H groups in total. The van der Waals surface area contributed by atoms with E-state index in [-0.39, 0.29) is 23.7 Å². The number of amidine groups is 1. The summed E-state index contributed by atoms with van der Waals surface area (Å²) in [6.45, 7) is 4.90. The summed E-state index contributed by atoms with van der Waals surface area (Å²) in [5.74, 6) is 1.76. The maximum absolute atomic E-state index is 5.46. The van der Waals surface area contributed by atoms with Crippen LogP contribution in [0.25, 0.3) is 39.1 Å². The van der Waals surface area contributed by atoms with Crippen LogP contribution in [-0.2, 0) is 6.42 Å². The number of hydrogen-bond acceptors (Lipinski definition) is 2. The molecule has 0 spiro atoms. The number of hydrogen-bond donors (Lipinski definition) is 0. The lowest BCUT2D eigenvalue weighted by Gasteiger charge is -2.36. The summed E-state index contributed by atoms with van der Waals surface area (Å²) >= 11 is 0. The second-order valence-corrected chi connectivity index (χ2v) is 17.5. The lowest BCUT2D eigenvalue weighted by Crippen LogP contribution is -2.20. The van der Waals surface area contributed by atoms with Crippen molar-refractivity contribution < 1.29 is 0 Å². The third-order valence-electron chi connectivity index (χ3n) is 14.0. The van der Waals surface area contributed by atoms with Crippen molar-refractivity contribution in [1.82, 2.24) is 0 Å². The van der Waals surface area contributed by atoms with Crippen LogP contribution in [0.4, 0.5) is 0 Å². The first-order chi connectivity index (χ1) is 31.1. The first kappa shape index (κ1) is 38.7. The first-order valence-electron chi connectivity index (χ1n) is 22.7. The van der Waals surface area contributed by atoms with E-state index in [4.69, 9.17) is 9.98 Å². The fourth-order valence-electron chi connectivity index (χ4n) is 10.8. The van der Waals surface area contributed by atoms with Crippen LogP contribution < -0.4 is 0 Å². The molecule has 3 aliphatic rings. The Labute approximate surface area is 372 Å². The van der Waals surface area contributed by atoms with Gasteiger partial charge >= 0.3 is 0 Å². The molecule has 2 aliphatic carbocycles. The zero-order valence-electron chi connectivity index (χ0n) is 36.0. The predicted octanol–water partition coefficient (Wildman–Crippen LogP) is 15.5. The quantitative estimate of drug-likeness (QED) is 0.146. The van der Waals surface area contributed by atoms with Crippen LogP contribution in [0.5, 0.6) is 0 Å². The Bertz CT molecular complexity index is 3050. The summed E-state index contributed by atoms with van der Waals surface area (Å²) in [5, 5.41) is 0. The van der Waals surface area contributed by atoms with E-state index in [0.29, 0.717) is 0 Å². The standard InChI is InChI=1S/C61H50N2/c1-40(42-33-35-44(36-34-42)43-19-6-3-7-20-43)59-53-30-17-15-28-50(53)54-38-37-51-48-26-13-14-27-49(48)55(39-56(51)60(54)59)41(2)47-25-12-16-29-52(47)58-32-18-31-57(45-21-8-4-9-22-45)62-61(63-58)46-23-10-5-11-24-46/h3-17,19-30,32-38,40-41,55,59H,18,31,39H2,1-2H3/b58-32-,62-57-,63-61-. The van der Waals surface area contributed by atoms with Crippen LogP contribution in [-0.4, -0.2) is 11.5 Å². The van der Waals surface area contributed by atoms with E-state index < -0.39 is 0 Å². The van der Waals surface area contributed by atoms with Gasteiger partial charge in [-0.1, -0.05) is 220 Å². The molecule has 4 unspecified atom stereocenters. The molecule has 0 aromatic heterocycles. The highest BCUT2D eigenvalue weighted by molar-refractivity contribution is 6.14. The molecular weight excluding hydrogens is 761 g/mol. The highest BCUT2D eigenvalue weighted by atomic mass is 14.9. The van der Waals surface area contributed by atoms with Gasteiger partial charge in [-0.25, -0.2) is 9.98 Å². The zero-order chi connectivity index (χ0) is 42.3. The summed E-state index contributed by atoms with van der Waals surface area (Å²) in [7, 11) is 0. The molecule has 2 heteroatoms. The number of benzene rings is 8. The van der Waals surface area contributed by atoms with Crippen molar-refractivity contribution in [2.24, 2.45) is 9.98 Å². The molecule has 0 radical (unpaired) electrons. The van der Waals surface area contributed by atoms with Crippen molar-refractivity contribution in [3.05, 3.63) is 256 Å². The van der Waals surface area contributed by atoms with E-state index in [2.05, 4.69) is 220 Å². The molecule has 2 nitrogen and oxygen atoms in total. The molecule has 8 aromatic carbocycles. The summed E-state index contributed by atoms with van der Waals surface area (Å²) in [4.78, 5) is 10.8. The molecular formula is C61H50N2. The van der Waals surface area contributed by atoms with Gasteiger partial charge in [0.05, 0.1) is 11.4 Å². The van der Waals surface area contributed by atoms with Gasteiger partial charge in [0.25, 0.3) is 0 Å². The molecule has 4 atom stereocenters. The van der Waals surface area contributed by atoms with Crippen LogP contribution in [0, 0.1) is 0 Å². The fraction of sp³-hybridized carbons (Fsp3) is 0.148. The van der Waals surface area contributed by atoms with Gasteiger partial charge in [-0.15, -0.1) is 0 Å². The highest BCUT2D eigenvalue weighted by Crippen LogP contribution is 2.57. The van der Waals surface area contributed by atoms with Crippen LogP contribution in [0.1, 0.15) is 100 Å². The average molecular weight is 811 g/mol. The van der Waals surface area contributed by atoms with E-state index in [1.807, 2.05) is 0 Å². The highest BCUT2D eigenvalue weighted by Gasteiger charge is 2.39. The van der Waals surface area contributed by atoms with Crippen LogP contribution >= 0.6 is 0 Å². The van der Waals surface area contributed by atoms with E-state index in [9.17, 15) is 0 Å². The van der Waals surface area contributed by atoms with Crippen LogP contribution in [0.3, 0.4) is 0 Å². The van der Waals surface area contributed by atoms with Gasteiger partial charge in [0.2, 0.25) is 0 Å². The third-order valence-corrected chi connectivity index (χ3v) is 14.0. The largest absolute Gasteiger partial charge is 0.232 e. The van der Waals surface area contributed by atoms with E-state index in [1.54, 1.807) is 0 Å². The molecule has 0 saturated carbocycles. The number of rotatable bonds is 8. The Kier molecular flexibility index (Phi) is 10.2.